The Morgan fingerprint density at radius 1 is 0.875 bits per heavy atom. The van der Waals surface area contributed by atoms with Crippen LogP contribution in [0, 0.1) is 18.1 Å². The molecule has 4 aromatic rings. The van der Waals surface area contributed by atoms with E-state index in [0.717, 1.165) is 60.1 Å². The van der Waals surface area contributed by atoms with Gasteiger partial charge in [0, 0.05) is 43.0 Å². The highest BCUT2D eigenvalue weighted by atomic mass is 19.1. The van der Waals surface area contributed by atoms with Crippen molar-refractivity contribution in [3.63, 3.8) is 0 Å². The van der Waals surface area contributed by atoms with Crippen LogP contribution in [0.3, 0.4) is 0 Å². The first-order valence-electron chi connectivity index (χ1n) is 13.6. The van der Waals surface area contributed by atoms with Crippen molar-refractivity contribution >= 4 is 22.7 Å². The number of nitrogens with zero attached hydrogens (tertiary/aromatic N) is 2. The van der Waals surface area contributed by atoms with E-state index in [0.29, 0.717) is 25.2 Å². The Balaban J connectivity index is 1.12. The molecule has 3 aromatic carbocycles. The first-order valence-corrected chi connectivity index (χ1v) is 13.6. The van der Waals surface area contributed by atoms with Crippen LogP contribution in [0.2, 0.25) is 0 Å². The summed E-state index contributed by atoms with van der Waals surface area (Å²) >= 11 is 0. The van der Waals surface area contributed by atoms with Gasteiger partial charge in [0.2, 0.25) is 5.91 Å². The summed E-state index contributed by atoms with van der Waals surface area (Å²) in [4.78, 5) is 32.1. The van der Waals surface area contributed by atoms with E-state index in [-0.39, 0.29) is 23.5 Å². The van der Waals surface area contributed by atoms with Gasteiger partial charge < -0.3 is 15.6 Å². The van der Waals surface area contributed by atoms with Crippen LogP contribution in [0.4, 0.5) is 8.78 Å². The van der Waals surface area contributed by atoms with E-state index in [2.05, 4.69) is 9.88 Å². The number of carbonyl (C=O) groups is 2. The van der Waals surface area contributed by atoms with E-state index < -0.39 is 5.91 Å². The van der Waals surface area contributed by atoms with Crippen molar-refractivity contribution in [1.82, 2.24) is 14.8 Å². The van der Waals surface area contributed by atoms with Crippen LogP contribution in [0.5, 0.6) is 0 Å². The molecular formula is C32H33F2N4O2. The molecule has 0 spiro atoms. The number of H-pyrrole nitrogens is 1. The Hall–Kier alpha value is -4.04. The van der Waals surface area contributed by atoms with Crippen molar-refractivity contribution < 1.29 is 18.4 Å². The third-order valence-electron chi connectivity index (χ3n) is 7.74. The highest BCUT2D eigenvalue weighted by Crippen LogP contribution is 2.30. The number of para-hydroxylation sites is 1. The van der Waals surface area contributed by atoms with Gasteiger partial charge in [0.05, 0.1) is 6.42 Å². The predicted octanol–water partition coefficient (Wildman–Crippen LogP) is 5.05. The lowest BCUT2D eigenvalue weighted by molar-refractivity contribution is -0.129. The van der Waals surface area contributed by atoms with Crippen LogP contribution in [0.25, 0.3) is 10.9 Å². The minimum atomic E-state index is -0.540. The van der Waals surface area contributed by atoms with E-state index >= 15 is 0 Å². The second-order valence-corrected chi connectivity index (χ2v) is 10.3. The van der Waals surface area contributed by atoms with Gasteiger partial charge >= 0.3 is 0 Å². The average molecular weight is 544 g/mol. The van der Waals surface area contributed by atoms with Gasteiger partial charge in [0.25, 0.3) is 5.91 Å². The van der Waals surface area contributed by atoms with Crippen LogP contribution in [-0.2, 0) is 11.2 Å². The molecule has 1 saturated heterocycles. The molecule has 40 heavy (non-hydrogen) atoms. The summed E-state index contributed by atoms with van der Waals surface area (Å²) in [5.74, 6) is -1.09. The topological polar surface area (TPSA) is 82.4 Å². The Kier molecular flexibility index (Phi) is 8.55. The summed E-state index contributed by atoms with van der Waals surface area (Å²) in [5, 5.41) is 0.893. The molecule has 0 atom stereocenters. The lowest BCUT2D eigenvalue weighted by Gasteiger charge is -2.35. The molecule has 207 valence electrons. The zero-order valence-electron chi connectivity index (χ0n) is 22.3. The molecule has 2 heterocycles. The standard InChI is InChI=1S/C32H33F2N4O2/c33-24-11-7-22(8-12-24)26(23-9-13-25(34)14-10-23)5-3-17-37-18-20-38(21-19-37)30(39)16-15-28-27-4-1-2-6-29(27)36-31(28)32(35)40/h1-2,4,6-14,16,26,36H,3,5,15,17-21H2,(H2,35,40). The quantitative estimate of drug-likeness (QED) is 0.294. The third-order valence-corrected chi connectivity index (χ3v) is 7.74. The number of nitrogens with one attached hydrogen (secondary N) is 1. The van der Waals surface area contributed by atoms with E-state index in [1.165, 1.54) is 24.3 Å². The summed E-state index contributed by atoms with van der Waals surface area (Å²) in [5.41, 5.74) is 9.49. The minimum Gasteiger partial charge on any atom is -0.364 e. The number of hydrogen-bond donors (Lipinski definition) is 2. The molecular weight excluding hydrogens is 510 g/mol. The molecule has 1 aromatic heterocycles. The molecule has 5 rings (SSSR count). The monoisotopic (exact) mass is 543 g/mol. The Morgan fingerprint density at radius 3 is 2.08 bits per heavy atom. The van der Waals surface area contributed by atoms with Crippen molar-refractivity contribution in [1.29, 1.82) is 0 Å². The highest BCUT2D eigenvalue weighted by Gasteiger charge is 2.23. The molecule has 2 amide bonds. The average Bonchev–Trinajstić information content (AvgIpc) is 3.35. The SMILES string of the molecule is NC(=O)c1[nH]c2ccccc2c1C[CH]C(=O)N1CCN(CCCC(c2ccc(F)cc2)c2ccc(F)cc2)CC1. The molecule has 8 heteroatoms. The Morgan fingerprint density at radius 2 is 1.48 bits per heavy atom. The Labute approximate surface area is 232 Å². The lowest BCUT2D eigenvalue weighted by atomic mass is 9.87. The van der Waals surface area contributed by atoms with Crippen molar-refractivity contribution in [2.45, 2.75) is 25.2 Å². The number of carbonyl (C=O) groups excluding carboxylic acids is 2. The summed E-state index contributed by atoms with van der Waals surface area (Å²) in [7, 11) is 0. The first-order chi connectivity index (χ1) is 19.4. The lowest BCUT2D eigenvalue weighted by Crippen LogP contribution is -2.49. The molecule has 0 unspecified atom stereocenters. The van der Waals surface area contributed by atoms with Gasteiger partial charge in [-0.1, -0.05) is 42.5 Å². The number of fused-ring (bicyclic) bond motifs is 1. The van der Waals surface area contributed by atoms with E-state index in [9.17, 15) is 18.4 Å². The van der Waals surface area contributed by atoms with Gasteiger partial charge in [-0.05, 0) is 72.8 Å². The van der Waals surface area contributed by atoms with Crippen LogP contribution in [-0.4, -0.2) is 59.3 Å². The second kappa shape index (κ2) is 12.4. The largest absolute Gasteiger partial charge is 0.364 e. The summed E-state index contributed by atoms with van der Waals surface area (Å²) in [6.45, 7) is 3.69. The van der Waals surface area contributed by atoms with Crippen LogP contribution in [0.15, 0.2) is 72.8 Å². The maximum atomic E-state index is 13.5. The van der Waals surface area contributed by atoms with Gasteiger partial charge in [-0.3, -0.25) is 14.5 Å². The predicted molar refractivity (Wildman–Crippen MR) is 152 cm³/mol. The van der Waals surface area contributed by atoms with Crippen LogP contribution < -0.4 is 5.73 Å². The van der Waals surface area contributed by atoms with Gasteiger partial charge in [-0.25, -0.2) is 8.78 Å². The number of amides is 2. The minimum absolute atomic E-state index is 0.0481. The molecule has 1 radical (unpaired) electrons. The number of nitrogens with two attached hydrogens (primary N) is 1. The number of halogens is 2. The highest BCUT2D eigenvalue weighted by molar-refractivity contribution is 6.01. The number of aromatic amines is 1. The maximum Gasteiger partial charge on any atom is 0.265 e. The van der Waals surface area contributed by atoms with E-state index in [4.69, 9.17) is 5.73 Å². The number of piperazine rings is 1. The number of rotatable bonds is 10. The number of benzene rings is 3. The van der Waals surface area contributed by atoms with E-state index in [1.807, 2.05) is 29.2 Å². The number of primary amides is 1. The molecule has 0 bridgehead atoms. The van der Waals surface area contributed by atoms with Gasteiger partial charge in [0.1, 0.15) is 17.3 Å². The van der Waals surface area contributed by atoms with Gasteiger partial charge in [0.15, 0.2) is 0 Å². The molecule has 1 aliphatic rings. The zero-order chi connectivity index (χ0) is 28.1. The maximum absolute atomic E-state index is 13.5. The van der Waals surface area contributed by atoms with E-state index in [1.54, 1.807) is 30.7 Å². The fourth-order valence-electron chi connectivity index (χ4n) is 5.57. The molecule has 1 aliphatic heterocycles. The third kappa shape index (κ3) is 6.39. The Bertz CT molecular complexity index is 1410. The van der Waals surface area contributed by atoms with Crippen LogP contribution in [0.1, 0.15) is 45.9 Å². The molecule has 0 aliphatic carbocycles. The molecule has 3 N–H and O–H groups in total. The summed E-state index contributed by atoms with van der Waals surface area (Å²) < 4.78 is 27.0. The van der Waals surface area contributed by atoms with Crippen molar-refractivity contribution in [2.24, 2.45) is 5.73 Å². The van der Waals surface area contributed by atoms with Gasteiger partial charge in [-0.2, -0.15) is 0 Å². The van der Waals surface area contributed by atoms with Gasteiger partial charge in [-0.15, -0.1) is 0 Å². The van der Waals surface area contributed by atoms with Crippen LogP contribution >= 0.6 is 0 Å². The fourth-order valence-corrected chi connectivity index (χ4v) is 5.57. The normalized spacial score (nSPS) is 14.2. The van der Waals surface area contributed by atoms with Crippen molar-refractivity contribution in [2.75, 3.05) is 32.7 Å². The summed E-state index contributed by atoms with van der Waals surface area (Å²) in [6, 6.07) is 20.6. The number of hydrogen-bond acceptors (Lipinski definition) is 3. The first kappa shape index (κ1) is 27.5. The second-order valence-electron chi connectivity index (χ2n) is 10.3. The van der Waals surface area contributed by atoms with Crippen molar-refractivity contribution in [3.8, 4) is 0 Å². The summed E-state index contributed by atoms with van der Waals surface area (Å²) in [6.07, 6.45) is 3.72. The molecule has 0 saturated carbocycles. The van der Waals surface area contributed by atoms with Crippen molar-refractivity contribution in [3.05, 3.63) is 113 Å². The smallest absolute Gasteiger partial charge is 0.265 e. The number of aromatic nitrogens is 1. The fraction of sp³-hybridized carbons (Fsp3) is 0.281. The molecule has 1 fully saturated rings. The zero-order valence-corrected chi connectivity index (χ0v) is 22.3. The molecule has 6 nitrogen and oxygen atoms in total.